The van der Waals surface area contributed by atoms with Gasteiger partial charge in [-0.25, -0.2) is 0 Å². The lowest BCUT2D eigenvalue weighted by molar-refractivity contribution is 0.282. The maximum absolute atomic E-state index is 5.19. The van der Waals surface area contributed by atoms with Gasteiger partial charge in [0.2, 0.25) is 0 Å². The summed E-state index contributed by atoms with van der Waals surface area (Å²) in [7, 11) is 1.70. The topological polar surface area (TPSA) is 24.5 Å². The van der Waals surface area contributed by atoms with Crippen molar-refractivity contribution in [3.8, 4) is 5.75 Å². The van der Waals surface area contributed by atoms with Crippen LogP contribution in [0, 0.1) is 0 Å². The van der Waals surface area contributed by atoms with Crippen molar-refractivity contribution in [2.45, 2.75) is 19.5 Å². The molecule has 3 rings (SSSR count). The molecule has 0 fully saturated rings. The van der Waals surface area contributed by atoms with E-state index in [4.69, 9.17) is 4.74 Å². The predicted molar refractivity (Wildman–Crippen MR) is 94.3 cm³/mol. The van der Waals surface area contributed by atoms with Crippen LogP contribution < -0.4 is 10.1 Å². The van der Waals surface area contributed by atoms with E-state index >= 15 is 0 Å². The number of benzene rings is 2. The molecule has 0 bridgehead atoms. The SMILES string of the molecule is COc1ccc(CNC2=CCN(Cc3ccccc3)CC2)cc1. The number of methoxy groups -OCH3 is 1. The second-order valence-corrected chi connectivity index (χ2v) is 5.90. The van der Waals surface area contributed by atoms with Crippen molar-refractivity contribution < 1.29 is 4.74 Å². The Bertz CT molecular complexity index is 634. The second-order valence-electron chi connectivity index (χ2n) is 5.90. The lowest BCUT2D eigenvalue weighted by Gasteiger charge is -2.27. The molecule has 3 nitrogen and oxygen atoms in total. The van der Waals surface area contributed by atoms with Crippen LogP contribution in [0.1, 0.15) is 17.5 Å². The minimum Gasteiger partial charge on any atom is -0.497 e. The van der Waals surface area contributed by atoms with Gasteiger partial charge < -0.3 is 10.1 Å². The fraction of sp³-hybridized carbons (Fsp3) is 0.300. The van der Waals surface area contributed by atoms with Gasteiger partial charge in [0.15, 0.2) is 0 Å². The summed E-state index contributed by atoms with van der Waals surface area (Å²) in [6, 6.07) is 18.9. The van der Waals surface area contributed by atoms with Crippen LogP contribution in [-0.4, -0.2) is 25.1 Å². The molecule has 23 heavy (non-hydrogen) atoms. The summed E-state index contributed by atoms with van der Waals surface area (Å²) in [6.07, 6.45) is 3.40. The third-order valence-electron chi connectivity index (χ3n) is 4.22. The first-order chi connectivity index (χ1) is 11.3. The van der Waals surface area contributed by atoms with Gasteiger partial charge in [-0.1, -0.05) is 48.5 Å². The van der Waals surface area contributed by atoms with E-state index in [0.29, 0.717) is 0 Å². The van der Waals surface area contributed by atoms with E-state index in [1.54, 1.807) is 7.11 Å². The Balaban J connectivity index is 1.47. The van der Waals surface area contributed by atoms with Gasteiger partial charge in [-0.15, -0.1) is 0 Å². The first-order valence-electron chi connectivity index (χ1n) is 8.15. The van der Waals surface area contributed by atoms with Crippen molar-refractivity contribution in [3.05, 3.63) is 77.5 Å². The van der Waals surface area contributed by atoms with Crippen LogP contribution in [0.25, 0.3) is 0 Å². The molecule has 0 atom stereocenters. The van der Waals surface area contributed by atoms with Gasteiger partial charge in [-0.05, 0) is 29.7 Å². The Morgan fingerprint density at radius 1 is 1.00 bits per heavy atom. The van der Waals surface area contributed by atoms with Crippen molar-refractivity contribution >= 4 is 0 Å². The van der Waals surface area contributed by atoms with Crippen LogP contribution in [-0.2, 0) is 13.1 Å². The van der Waals surface area contributed by atoms with Gasteiger partial charge in [0.05, 0.1) is 7.11 Å². The lowest BCUT2D eigenvalue weighted by Crippen LogP contribution is -2.31. The van der Waals surface area contributed by atoms with E-state index in [-0.39, 0.29) is 0 Å². The number of nitrogens with zero attached hydrogens (tertiary/aromatic N) is 1. The van der Waals surface area contributed by atoms with E-state index in [1.807, 2.05) is 12.1 Å². The highest BCUT2D eigenvalue weighted by Gasteiger charge is 2.11. The average molecular weight is 308 g/mol. The minimum absolute atomic E-state index is 0.870. The van der Waals surface area contributed by atoms with Crippen LogP contribution in [0.15, 0.2) is 66.4 Å². The standard InChI is InChI=1S/C20H24N2O/c1-23-20-9-7-17(8-10-20)15-21-19-11-13-22(14-12-19)16-18-5-3-2-4-6-18/h2-11,21H,12-16H2,1H3. The zero-order valence-corrected chi connectivity index (χ0v) is 13.7. The van der Waals surface area contributed by atoms with Gasteiger partial charge in [-0.2, -0.15) is 0 Å². The normalized spacial score (nSPS) is 15.1. The molecule has 0 saturated carbocycles. The van der Waals surface area contributed by atoms with Crippen molar-refractivity contribution in [1.82, 2.24) is 10.2 Å². The summed E-state index contributed by atoms with van der Waals surface area (Å²) >= 11 is 0. The summed E-state index contributed by atoms with van der Waals surface area (Å²) in [5.41, 5.74) is 4.01. The van der Waals surface area contributed by atoms with Gasteiger partial charge in [0.25, 0.3) is 0 Å². The van der Waals surface area contributed by atoms with E-state index in [9.17, 15) is 0 Å². The average Bonchev–Trinajstić information content (AvgIpc) is 2.62. The molecule has 2 aromatic carbocycles. The van der Waals surface area contributed by atoms with Crippen LogP contribution in [0.3, 0.4) is 0 Å². The monoisotopic (exact) mass is 308 g/mol. The molecule has 1 aliphatic rings. The quantitative estimate of drug-likeness (QED) is 0.883. The van der Waals surface area contributed by atoms with Crippen LogP contribution >= 0.6 is 0 Å². The van der Waals surface area contributed by atoms with E-state index in [2.05, 4.69) is 58.8 Å². The van der Waals surface area contributed by atoms with Gasteiger partial charge in [0.1, 0.15) is 5.75 Å². The fourth-order valence-electron chi connectivity index (χ4n) is 2.82. The maximum atomic E-state index is 5.19. The molecule has 0 radical (unpaired) electrons. The van der Waals surface area contributed by atoms with Crippen molar-refractivity contribution in [2.24, 2.45) is 0 Å². The highest BCUT2D eigenvalue weighted by atomic mass is 16.5. The molecule has 0 aliphatic carbocycles. The van der Waals surface area contributed by atoms with Crippen LogP contribution in [0.4, 0.5) is 0 Å². The van der Waals surface area contributed by atoms with Crippen molar-refractivity contribution in [2.75, 3.05) is 20.2 Å². The molecule has 0 unspecified atom stereocenters. The van der Waals surface area contributed by atoms with Gasteiger partial charge >= 0.3 is 0 Å². The molecule has 0 spiro atoms. The van der Waals surface area contributed by atoms with E-state index < -0.39 is 0 Å². The largest absolute Gasteiger partial charge is 0.497 e. The summed E-state index contributed by atoms with van der Waals surface area (Å²) in [5.74, 6) is 0.905. The summed E-state index contributed by atoms with van der Waals surface area (Å²) in [4.78, 5) is 2.48. The molecule has 0 saturated heterocycles. The number of hydrogen-bond donors (Lipinski definition) is 1. The molecular formula is C20H24N2O. The molecule has 1 heterocycles. The fourth-order valence-corrected chi connectivity index (χ4v) is 2.82. The predicted octanol–water partition coefficient (Wildman–Crippen LogP) is 3.57. The third kappa shape index (κ3) is 4.60. The van der Waals surface area contributed by atoms with Crippen molar-refractivity contribution in [1.29, 1.82) is 0 Å². The number of nitrogens with one attached hydrogen (secondary N) is 1. The Labute approximate surface area is 138 Å². The summed E-state index contributed by atoms with van der Waals surface area (Å²) < 4.78 is 5.19. The molecule has 120 valence electrons. The van der Waals surface area contributed by atoms with Crippen molar-refractivity contribution in [3.63, 3.8) is 0 Å². The van der Waals surface area contributed by atoms with Crippen LogP contribution in [0.2, 0.25) is 0 Å². The Kier molecular flexibility index (Phi) is 5.33. The number of ether oxygens (including phenoxy) is 1. The molecule has 0 amide bonds. The van der Waals surface area contributed by atoms with E-state index in [0.717, 1.165) is 38.3 Å². The second kappa shape index (κ2) is 7.84. The van der Waals surface area contributed by atoms with Gasteiger partial charge in [-0.3, -0.25) is 4.90 Å². The molecule has 2 aromatic rings. The van der Waals surface area contributed by atoms with E-state index in [1.165, 1.54) is 16.8 Å². The molecule has 0 aromatic heterocycles. The van der Waals surface area contributed by atoms with Crippen LogP contribution in [0.5, 0.6) is 5.75 Å². The molecular weight excluding hydrogens is 284 g/mol. The molecule has 3 heteroatoms. The first kappa shape index (κ1) is 15.6. The summed E-state index contributed by atoms with van der Waals surface area (Å²) in [6.45, 7) is 4.02. The molecule has 1 aliphatic heterocycles. The highest BCUT2D eigenvalue weighted by molar-refractivity contribution is 5.27. The summed E-state index contributed by atoms with van der Waals surface area (Å²) in [5, 5.41) is 3.55. The maximum Gasteiger partial charge on any atom is 0.118 e. The molecule has 1 N–H and O–H groups in total. The highest BCUT2D eigenvalue weighted by Crippen LogP contribution is 2.14. The Hall–Kier alpha value is -2.26. The number of rotatable bonds is 6. The zero-order valence-electron chi connectivity index (χ0n) is 13.7. The Morgan fingerprint density at radius 2 is 1.78 bits per heavy atom. The van der Waals surface area contributed by atoms with Gasteiger partial charge in [0, 0.05) is 31.9 Å². The smallest absolute Gasteiger partial charge is 0.118 e. The lowest BCUT2D eigenvalue weighted by atomic mass is 10.1. The minimum atomic E-state index is 0.870. The Morgan fingerprint density at radius 3 is 2.43 bits per heavy atom. The third-order valence-corrected chi connectivity index (χ3v) is 4.22. The number of hydrogen-bond acceptors (Lipinski definition) is 3. The zero-order chi connectivity index (χ0) is 15.9. The first-order valence-corrected chi connectivity index (χ1v) is 8.15.